The van der Waals surface area contributed by atoms with Gasteiger partial charge in [0, 0.05) is 6.08 Å². The summed E-state index contributed by atoms with van der Waals surface area (Å²) >= 11 is 0. The van der Waals surface area contributed by atoms with E-state index in [2.05, 4.69) is 6.07 Å². The standard InChI is InChI=1S/C14H18O2/c1-9(2)13(8-14(15)16)12-6-5-10(3)7-11(12)4/h5-9H,1-4H3,(H,15,16)/b13-8+. The molecule has 0 aliphatic carbocycles. The van der Waals surface area contributed by atoms with Crippen LogP contribution in [-0.2, 0) is 4.79 Å². The minimum Gasteiger partial charge on any atom is -0.478 e. The summed E-state index contributed by atoms with van der Waals surface area (Å²) in [7, 11) is 0. The molecular formula is C14H18O2. The predicted octanol–water partition coefficient (Wildman–Crippen LogP) is 3.43. The highest BCUT2D eigenvalue weighted by Gasteiger charge is 2.10. The van der Waals surface area contributed by atoms with Crippen LogP contribution in [0.4, 0.5) is 0 Å². The SMILES string of the molecule is Cc1ccc(/C(=C/C(=O)O)C(C)C)c(C)c1. The molecule has 1 rings (SSSR count). The molecule has 0 unspecified atom stereocenters. The van der Waals surface area contributed by atoms with E-state index in [9.17, 15) is 4.79 Å². The van der Waals surface area contributed by atoms with Gasteiger partial charge in [0.2, 0.25) is 0 Å². The second kappa shape index (κ2) is 4.97. The third-order valence-electron chi connectivity index (χ3n) is 2.59. The Morgan fingerprint density at radius 1 is 1.31 bits per heavy atom. The van der Waals surface area contributed by atoms with Crippen LogP contribution < -0.4 is 0 Å². The van der Waals surface area contributed by atoms with Crippen molar-refractivity contribution in [2.75, 3.05) is 0 Å². The number of hydrogen-bond donors (Lipinski definition) is 1. The van der Waals surface area contributed by atoms with Crippen molar-refractivity contribution in [2.24, 2.45) is 5.92 Å². The predicted molar refractivity (Wildman–Crippen MR) is 66.4 cm³/mol. The van der Waals surface area contributed by atoms with Crippen molar-refractivity contribution >= 4 is 11.5 Å². The van der Waals surface area contributed by atoms with Gasteiger partial charge in [0.15, 0.2) is 0 Å². The van der Waals surface area contributed by atoms with E-state index in [4.69, 9.17) is 5.11 Å². The minimum atomic E-state index is -0.885. The molecule has 1 aromatic rings. The van der Waals surface area contributed by atoms with Crippen LogP contribution in [0.15, 0.2) is 24.3 Å². The number of carbonyl (C=O) groups is 1. The van der Waals surface area contributed by atoms with Crippen molar-refractivity contribution in [3.63, 3.8) is 0 Å². The van der Waals surface area contributed by atoms with Crippen LogP contribution in [0.2, 0.25) is 0 Å². The maximum absolute atomic E-state index is 10.8. The molecule has 1 N–H and O–H groups in total. The lowest BCUT2D eigenvalue weighted by atomic mass is 9.91. The van der Waals surface area contributed by atoms with Gasteiger partial charge in [-0.2, -0.15) is 0 Å². The first-order valence-corrected chi connectivity index (χ1v) is 5.44. The lowest BCUT2D eigenvalue weighted by Crippen LogP contribution is -2.00. The van der Waals surface area contributed by atoms with E-state index >= 15 is 0 Å². The molecule has 0 spiro atoms. The second-order valence-electron chi connectivity index (χ2n) is 4.41. The smallest absolute Gasteiger partial charge is 0.328 e. The average Bonchev–Trinajstić information content (AvgIpc) is 2.14. The Bertz CT molecular complexity index is 428. The van der Waals surface area contributed by atoms with Crippen LogP contribution >= 0.6 is 0 Å². The summed E-state index contributed by atoms with van der Waals surface area (Å²) in [5, 5.41) is 8.86. The Kier molecular flexibility index (Phi) is 3.88. The molecule has 16 heavy (non-hydrogen) atoms. The molecule has 0 radical (unpaired) electrons. The average molecular weight is 218 g/mol. The molecule has 0 aliphatic rings. The zero-order chi connectivity index (χ0) is 12.3. The Morgan fingerprint density at radius 3 is 2.38 bits per heavy atom. The van der Waals surface area contributed by atoms with Crippen molar-refractivity contribution in [1.82, 2.24) is 0 Å². The zero-order valence-corrected chi connectivity index (χ0v) is 10.2. The van der Waals surface area contributed by atoms with E-state index in [0.717, 1.165) is 16.7 Å². The van der Waals surface area contributed by atoms with Gasteiger partial charge < -0.3 is 5.11 Å². The Labute approximate surface area is 96.6 Å². The van der Waals surface area contributed by atoms with Crippen molar-refractivity contribution < 1.29 is 9.90 Å². The van der Waals surface area contributed by atoms with Crippen LogP contribution in [0, 0.1) is 19.8 Å². The summed E-state index contributed by atoms with van der Waals surface area (Å²) in [4.78, 5) is 10.8. The number of aliphatic carboxylic acids is 1. The molecule has 0 aliphatic heterocycles. The molecule has 1 aromatic carbocycles. The van der Waals surface area contributed by atoms with Crippen LogP contribution in [0.1, 0.15) is 30.5 Å². The molecular weight excluding hydrogens is 200 g/mol. The highest BCUT2D eigenvalue weighted by Crippen LogP contribution is 2.26. The maximum atomic E-state index is 10.8. The van der Waals surface area contributed by atoms with Crippen molar-refractivity contribution in [3.8, 4) is 0 Å². The molecule has 0 heterocycles. The molecule has 2 nitrogen and oxygen atoms in total. The van der Waals surface area contributed by atoms with Gasteiger partial charge in [-0.05, 0) is 36.5 Å². The number of carboxylic acid groups (broad SMARTS) is 1. The largest absolute Gasteiger partial charge is 0.478 e. The second-order valence-corrected chi connectivity index (χ2v) is 4.41. The lowest BCUT2D eigenvalue weighted by Gasteiger charge is -2.14. The summed E-state index contributed by atoms with van der Waals surface area (Å²) in [5.41, 5.74) is 4.23. The third-order valence-corrected chi connectivity index (χ3v) is 2.59. The molecule has 0 bridgehead atoms. The Balaban J connectivity index is 3.27. The van der Waals surface area contributed by atoms with Gasteiger partial charge in [-0.25, -0.2) is 4.79 Å². The van der Waals surface area contributed by atoms with Crippen LogP contribution in [0.25, 0.3) is 5.57 Å². The minimum absolute atomic E-state index is 0.206. The maximum Gasteiger partial charge on any atom is 0.328 e. The molecule has 86 valence electrons. The first-order valence-electron chi connectivity index (χ1n) is 5.44. The Morgan fingerprint density at radius 2 is 1.94 bits per heavy atom. The van der Waals surface area contributed by atoms with E-state index in [1.807, 2.05) is 39.8 Å². The lowest BCUT2D eigenvalue weighted by molar-refractivity contribution is -0.131. The molecule has 0 saturated heterocycles. The fourth-order valence-corrected chi connectivity index (χ4v) is 1.83. The number of allylic oxidation sites excluding steroid dienone is 1. The van der Waals surface area contributed by atoms with Crippen molar-refractivity contribution in [1.29, 1.82) is 0 Å². The van der Waals surface area contributed by atoms with Crippen LogP contribution in [0.5, 0.6) is 0 Å². The van der Waals surface area contributed by atoms with Gasteiger partial charge in [0.25, 0.3) is 0 Å². The normalized spacial score (nSPS) is 11.9. The summed E-state index contributed by atoms with van der Waals surface area (Å²) in [6.07, 6.45) is 1.31. The van der Waals surface area contributed by atoms with Gasteiger partial charge in [-0.15, -0.1) is 0 Å². The van der Waals surface area contributed by atoms with Crippen LogP contribution in [0.3, 0.4) is 0 Å². The van der Waals surface area contributed by atoms with E-state index in [-0.39, 0.29) is 5.92 Å². The van der Waals surface area contributed by atoms with Gasteiger partial charge >= 0.3 is 5.97 Å². The summed E-state index contributed by atoms with van der Waals surface area (Å²) in [5.74, 6) is -0.679. The topological polar surface area (TPSA) is 37.3 Å². The van der Waals surface area contributed by atoms with E-state index in [1.54, 1.807) is 0 Å². The van der Waals surface area contributed by atoms with E-state index < -0.39 is 5.97 Å². The number of benzene rings is 1. The van der Waals surface area contributed by atoms with E-state index in [1.165, 1.54) is 11.6 Å². The fraction of sp³-hybridized carbons (Fsp3) is 0.357. The number of rotatable bonds is 3. The number of aryl methyl sites for hydroxylation is 2. The van der Waals surface area contributed by atoms with Crippen molar-refractivity contribution in [3.05, 3.63) is 41.0 Å². The number of hydrogen-bond acceptors (Lipinski definition) is 1. The summed E-state index contributed by atoms with van der Waals surface area (Å²) < 4.78 is 0. The van der Waals surface area contributed by atoms with E-state index in [0.29, 0.717) is 0 Å². The molecule has 0 atom stereocenters. The van der Waals surface area contributed by atoms with Crippen LogP contribution in [-0.4, -0.2) is 11.1 Å². The van der Waals surface area contributed by atoms with Crippen molar-refractivity contribution in [2.45, 2.75) is 27.7 Å². The molecule has 0 saturated carbocycles. The first-order chi connectivity index (χ1) is 7.41. The highest BCUT2D eigenvalue weighted by atomic mass is 16.4. The first kappa shape index (κ1) is 12.5. The summed E-state index contributed by atoms with van der Waals surface area (Å²) in [6.45, 7) is 8.06. The highest BCUT2D eigenvalue weighted by molar-refractivity contribution is 5.91. The monoisotopic (exact) mass is 218 g/mol. The molecule has 0 aromatic heterocycles. The van der Waals surface area contributed by atoms with Gasteiger partial charge in [0.1, 0.15) is 0 Å². The van der Waals surface area contributed by atoms with Gasteiger partial charge in [0.05, 0.1) is 0 Å². The molecule has 0 fully saturated rings. The quantitative estimate of drug-likeness (QED) is 0.789. The fourth-order valence-electron chi connectivity index (χ4n) is 1.83. The third kappa shape index (κ3) is 2.96. The molecule has 0 amide bonds. The van der Waals surface area contributed by atoms with Gasteiger partial charge in [-0.3, -0.25) is 0 Å². The number of carboxylic acids is 1. The Hall–Kier alpha value is -1.57. The van der Waals surface area contributed by atoms with Gasteiger partial charge in [-0.1, -0.05) is 37.6 Å². The molecule has 2 heteroatoms. The summed E-state index contributed by atoms with van der Waals surface area (Å²) in [6, 6.07) is 6.09. The zero-order valence-electron chi connectivity index (χ0n) is 10.2.